The number of hydrogen-bond acceptors (Lipinski definition) is 7. The van der Waals surface area contributed by atoms with E-state index in [1.165, 1.54) is 30.3 Å². The standard InChI is InChI=1S/C28H20F6NO6PS/c1-3-11-39-27(36)14(2)35-42(38,41-17-7-5-4-6-8-17)26(34)15-9-10-18-16(12-15)13-19(43-18)28(37)40-25-23(32)21(30)20(29)22(31)24(25)33/h4-10,12-13,26H,2-3,11H2,1H3,(H,35,38). The van der Waals surface area contributed by atoms with Gasteiger partial charge in [-0.1, -0.05) is 37.8 Å². The predicted octanol–water partition coefficient (Wildman–Crippen LogP) is 8.11. The van der Waals surface area contributed by atoms with E-state index in [0.29, 0.717) is 22.5 Å². The number of ether oxygens (including phenoxy) is 2. The summed E-state index contributed by atoms with van der Waals surface area (Å²) in [5.74, 6) is -18.3. The number of fused-ring (bicyclic) bond motifs is 1. The number of benzene rings is 3. The number of alkyl halides is 1. The summed E-state index contributed by atoms with van der Waals surface area (Å²) in [6.07, 6.45) is 0.487. The van der Waals surface area contributed by atoms with E-state index in [9.17, 15) is 36.1 Å². The molecule has 0 saturated heterocycles. The van der Waals surface area contributed by atoms with Crippen LogP contribution in [-0.2, 0) is 14.1 Å². The molecule has 0 radical (unpaired) electrons. The van der Waals surface area contributed by atoms with Crippen LogP contribution < -0.4 is 14.3 Å². The van der Waals surface area contributed by atoms with E-state index in [0.717, 1.165) is 6.07 Å². The molecule has 4 rings (SSSR count). The van der Waals surface area contributed by atoms with Gasteiger partial charge in [-0.2, -0.15) is 8.78 Å². The van der Waals surface area contributed by atoms with Crippen LogP contribution in [0.25, 0.3) is 10.1 Å². The molecule has 3 aromatic carbocycles. The fourth-order valence-corrected chi connectivity index (χ4v) is 6.23. The largest absolute Gasteiger partial charge is 0.461 e. The number of nitrogens with one attached hydrogen (secondary N) is 1. The van der Waals surface area contributed by atoms with E-state index in [-0.39, 0.29) is 28.2 Å². The van der Waals surface area contributed by atoms with Gasteiger partial charge in [0.25, 0.3) is 0 Å². The Morgan fingerprint density at radius 3 is 2.21 bits per heavy atom. The monoisotopic (exact) mass is 643 g/mol. The summed E-state index contributed by atoms with van der Waals surface area (Å²) in [6.45, 7) is 5.25. The van der Waals surface area contributed by atoms with E-state index in [2.05, 4.69) is 16.4 Å². The quantitative estimate of drug-likeness (QED) is 0.0336. The van der Waals surface area contributed by atoms with E-state index >= 15 is 4.39 Å². The Balaban J connectivity index is 1.64. The average Bonchev–Trinajstić information content (AvgIpc) is 3.43. The smallest absolute Gasteiger partial charge is 0.379 e. The van der Waals surface area contributed by atoms with Crippen molar-refractivity contribution in [1.29, 1.82) is 0 Å². The van der Waals surface area contributed by atoms with Gasteiger partial charge < -0.3 is 14.0 Å². The zero-order valence-electron chi connectivity index (χ0n) is 22.0. The molecule has 226 valence electrons. The highest BCUT2D eigenvalue weighted by molar-refractivity contribution is 7.57. The third-order valence-corrected chi connectivity index (χ3v) is 8.69. The first kappa shape index (κ1) is 31.6. The number of halogens is 6. The second-order valence-electron chi connectivity index (χ2n) is 8.76. The lowest BCUT2D eigenvalue weighted by Crippen LogP contribution is -2.23. The lowest BCUT2D eigenvalue weighted by atomic mass is 10.2. The highest BCUT2D eigenvalue weighted by Crippen LogP contribution is 2.58. The van der Waals surface area contributed by atoms with Crippen molar-refractivity contribution in [3.05, 3.63) is 106 Å². The zero-order chi connectivity index (χ0) is 31.5. The van der Waals surface area contributed by atoms with Crippen LogP contribution in [0.2, 0.25) is 0 Å². The molecule has 43 heavy (non-hydrogen) atoms. The summed E-state index contributed by atoms with van der Waals surface area (Å²) in [5.41, 5.74) is -0.753. The highest BCUT2D eigenvalue weighted by Gasteiger charge is 2.40. The third kappa shape index (κ3) is 6.70. The normalized spacial score (nSPS) is 13.2. The Bertz CT molecular complexity index is 1740. The molecule has 0 aliphatic rings. The van der Waals surface area contributed by atoms with Crippen molar-refractivity contribution in [1.82, 2.24) is 5.09 Å². The maximum atomic E-state index is 16.0. The number of esters is 2. The number of carbonyl (C=O) groups excluding carboxylic acids is 2. The molecule has 0 fully saturated rings. The second-order valence-corrected chi connectivity index (χ2v) is 11.9. The Morgan fingerprint density at radius 1 is 0.953 bits per heavy atom. The van der Waals surface area contributed by atoms with Crippen LogP contribution in [0.1, 0.15) is 34.5 Å². The molecule has 1 heterocycles. The zero-order valence-corrected chi connectivity index (χ0v) is 23.7. The maximum Gasteiger partial charge on any atom is 0.379 e. The van der Waals surface area contributed by atoms with Gasteiger partial charge in [0.2, 0.25) is 40.7 Å². The van der Waals surface area contributed by atoms with Crippen LogP contribution in [0.3, 0.4) is 0 Å². The van der Waals surface area contributed by atoms with Crippen molar-refractivity contribution >= 4 is 40.9 Å². The van der Waals surface area contributed by atoms with Gasteiger partial charge >= 0.3 is 19.5 Å². The van der Waals surface area contributed by atoms with Crippen molar-refractivity contribution in [3.8, 4) is 11.5 Å². The average molecular weight is 643 g/mol. The number of thiophene rings is 1. The van der Waals surface area contributed by atoms with Gasteiger partial charge in [-0.15, -0.1) is 11.3 Å². The van der Waals surface area contributed by atoms with Crippen molar-refractivity contribution in [2.24, 2.45) is 0 Å². The molecule has 0 bridgehead atoms. The Morgan fingerprint density at radius 2 is 1.58 bits per heavy atom. The van der Waals surface area contributed by atoms with Crippen LogP contribution in [0.5, 0.6) is 11.5 Å². The molecule has 2 unspecified atom stereocenters. The molecule has 0 amide bonds. The minimum Gasteiger partial charge on any atom is -0.461 e. The van der Waals surface area contributed by atoms with Crippen molar-refractivity contribution in [3.63, 3.8) is 0 Å². The van der Waals surface area contributed by atoms with E-state index in [1.807, 2.05) is 0 Å². The van der Waals surface area contributed by atoms with Crippen LogP contribution in [0.4, 0.5) is 26.3 Å². The minimum atomic E-state index is -4.65. The fraction of sp³-hybridized carbons (Fsp3) is 0.143. The number of hydrogen-bond donors (Lipinski definition) is 1. The molecule has 2 atom stereocenters. The highest BCUT2D eigenvalue weighted by atomic mass is 32.1. The van der Waals surface area contributed by atoms with Gasteiger partial charge in [-0.3, -0.25) is 9.65 Å². The summed E-state index contributed by atoms with van der Waals surface area (Å²) >= 11 is 0.706. The van der Waals surface area contributed by atoms with Crippen molar-refractivity contribution in [2.45, 2.75) is 19.3 Å². The first-order valence-corrected chi connectivity index (χ1v) is 14.8. The summed E-state index contributed by atoms with van der Waals surface area (Å²) in [7, 11) is -4.65. The third-order valence-electron chi connectivity index (χ3n) is 5.64. The molecule has 0 aliphatic heterocycles. The molecule has 0 spiro atoms. The number of carbonyl (C=O) groups is 2. The maximum absolute atomic E-state index is 16.0. The lowest BCUT2D eigenvalue weighted by molar-refractivity contribution is -0.139. The summed E-state index contributed by atoms with van der Waals surface area (Å²) < 4.78 is 113. The molecular formula is C28H20F6NO6PS. The SMILES string of the molecule is C=C(NP(=O)(Oc1ccccc1)C(F)c1ccc2sc(C(=O)Oc3c(F)c(F)c(F)c(F)c3F)cc2c1)C(=O)OCCC. The van der Waals surface area contributed by atoms with Crippen molar-refractivity contribution in [2.75, 3.05) is 6.61 Å². The Labute approximate surface area is 244 Å². The van der Waals surface area contributed by atoms with Crippen LogP contribution in [0, 0.1) is 29.1 Å². The van der Waals surface area contributed by atoms with Gasteiger partial charge in [0.05, 0.1) is 6.61 Å². The molecule has 4 aromatic rings. The van der Waals surface area contributed by atoms with E-state index in [1.54, 1.807) is 25.1 Å². The van der Waals surface area contributed by atoms with Gasteiger partial charge in [0, 0.05) is 4.70 Å². The molecule has 15 heteroatoms. The van der Waals surface area contributed by atoms with Crippen LogP contribution >= 0.6 is 18.9 Å². The lowest BCUT2D eigenvalue weighted by Gasteiger charge is -2.25. The Hall–Kier alpha value is -4.29. The number of para-hydroxylation sites is 1. The molecule has 1 aromatic heterocycles. The molecule has 7 nitrogen and oxygen atoms in total. The van der Waals surface area contributed by atoms with Gasteiger partial charge in [0.1, 0.15) is 16.3 Å². The molecule has 0 aliphatic carbocycles. The summed E-state index contributed by atoms with van der Waals surface area (Å²) in [5, 5.41) is 2.40. The fourth-order valence-electron chi connectivity index (χ4n) is 3.60. The second kappa shape index (κ2) is 12.9. The summed E-state index contributed by atoms with van der Waals surface area (Å²) in [4.78, 5) is 24.4. The van der Waals surface area contributed by atoms with Crippen LogP contribution in [0.15, 0.2) is 66.9 Å². The molecule has 1 N–H and O–H groups in total. The Kier molecular flexibility index (Phi) is 9.51. The van der Waals surface area contributed by atoms with Gasteiger partial charge in [-0.05, 0) is 47.7 Å². The molecule has 0 saturated carbocycles. The van der Waals surface area contributed by atoms with E-state index < -0.39 is 65.9 Å². The van der Waals surface area contributed by atoms with Crippen molar-refractivity contribution < 1.29 is 54.5 Å². The topological polar surface area (TPSA) is 90.9 Å². The first-order chi connectivity index (χ1) is 20.4. The van der Waals surface area contributed by atoms with Gasteiger partial charge in [-0.25, -0.2) is 27.2 Å². The van der Waals surface area contributed by atoms with E-state index in [4.69, 9.17) is 9.26 Å². The first-order valence-electron chi connectivity index (χ1n) is 12.3. The molecular weight excluding hydrogens is 623 g/mol. The van der Waals surface area contributed by atoms with Crippen LogP contribution in [-0.4, -0.2) is 18.5 Å². The predicted molar refractivity (Wildman–Crippen MR) is 145 cm³/mol. The number of rotatable bonds is 11. The summed E-state index contributed by atoms with van der Waals surface area (Å²) in [6, 6.07) is 12.4. The minimum absolute atomic E-state index is 0.00508. The van der Waals surface area contributed by atoms with Gasteiger partial charge in [0.15, 0.2) is 0 Å².